The van der Waals surface area contributed by atoms with E-state index in [-0.39, 0.29) is 29.2 Å². The van der Waals surface area contributed by atoms with Gasteiger partial charge in [0.05, 0.1) is 4.90 Å². The van der Waals surface area contributed by atoms with E-state index < -0.39 is 27.6 Å². The van der Waals surface area contributed by atoms with Crippen LogP contribution in [0, 0.1) is 11.6 Å². The number of carbonyl (C=O) groups excluding carboxylic acids is 1. The second-order valence-corrected chi connectivity index (χ2v) is 9.59. The molecular formula is C25H18ClF2NO5S. The van der Waals surface area contributed by atoms with Gasteiger partial charge < -0.3 is 9.15 Å². The second-order valence-electron chi connectivity index (χ2n) is 7.47. The largest absolute Gasteiger partial charge is 0.488 e. The lowest BCUT2D eigenvalue weighted by Crippen LogP contribution is -2.30. The fourth-order valence-electron chi connectivity index (χ4n) is 3.23. The van der Waals surface area contributed by atoms with Crippen molar-refractivity contribution >= 4 is 27.5 Å². The number of sulfonamides is 1. The lowest BCUT2D eigenvalue weighted by molar-refractivity contribution is 0.0953. The number of hydrogen-bond donors (Lipinski definition) is 1. The van der Waals surface area contributed by atoms with Crippen molar-refractivity contribution in [1.29, 1.82) is 0 Å². The van der Waals surface area contributed by atoms with Crippen LogP contribution in [-0.4, -0.2) is 14.3 Å². The van der Waals surface area contributed by atoms with Crippen LogP contribution in [0.15, 0.2) is 88.2 Å². The highest BCUT2D eigenvalue weighted by molar-refractivity contribution is 7.90. The van der Waals surface area contributed by atoms with Crippen LogP contribution in [0.1, 0.15) is 27.4 Å². The maximum absolute atomic E-state index is 13.9. The van der Waals surface area contributed by atoms with Crippen molar-refractivity contribution in [2.75, 3.05) is 0 Å². The predicted molar refractivity (Wildman–Crippen MR) is 125 cm³/mol. The van der Waals surface area contributed by atoms with Crippen LogP contribution in [0.2, 0.25) is 5.02 Å². The van der Waals surface area contributed by atoms with Crippen molar-refractivity contribution in [3.8, 4) is 5.75 Å². The molecule has 3 aromatic carbocycles. The number of rotatable bonds is 8. The minimum absolute atomic E-state index is 0.0570. The molecule has 6 nitrogen and oxygen atoms in total. The van der Waals surface area contributed by atoms with Gasteiger partial charge in [-0.2, -0.15) is 0 Å². The van der Waals surface area contributed by atoms with E-state index in [0.717, 1.165) is 12.1 Å². The smallest absolute Gasteiger partial charge is 0.300 e. The van der Waals surface area contributed by atoms with Crippen LogP contribution in [0.3, 0.4) is 0 Å². The van der Waals surface area contributed by atoms with E-state index in [1.165, 1.54) is 30.3 Å². The third kappa shape index (κ3) is 6.06. The molecule has 0 saturated heterocycles. The summed E-state index contributed by atoms with van der Waals surface area (Å²) in [6, 6.07) is 18.4. The van der Waals surface area contributed by atoms with Crippen molar-refractivity contribution in [1.82, 2.24) is 4.72 Å². The van der Waals surface area contributed by atoms with E-state index >= 15 is 0 Å². The Kier molecular flexibility index (Phi) is 7.18. The molecule has 1 aromatic heterocycles. The van der Waals surface area contributed by atoms with Gasteiger partial charge in [-0.1, -0.05) is 29.8 Å². The first-order chi connectivity index (χ1) is 16.7. The maximum Gasteiger partial charge on any atom is 0.300 e. The summed E-state index contributed by atoms with van der Waals surface area (Å²) >= 11 is 6.11. The van der Waals surface area contributed by atoms with Crippen molar-refractivity contribution < 1.29 is 31.1 Å². The van der Waals surface area contributed by atoms with Crippen LogP contribution in [-0.2, 0) is 23.1 Å². The van der Waals surface area contributed by atoms with E-state index in [4.69, 9.17) is 20.8 Å². The molecule has 0 spiro atoms. The summed E-state index contributed by atoms with van der Waals surface area (Å²) in [5, 5.41) is 0.416. The van der Waals surface area contributed by atoms with Gasteiger partial charge in [0.15, 0.2) is 5.76 Å². The Morgan fingerprint density at radius 3 is 2.46 bits per heavy atom. The molecule has 1 N–H and O–H groups in total. The highest BCUT2D eigenvalue weighted by Gasteiger charge is 2.21. The Morgan fingerprint density at radius 2 is 1.71 bits per heavy atom. The molecule has 10 heteroatoms. The molecule has 180 valence electrons. The molecule has 4 rings (SSSR count). The zero-order valence-electron chi connectivity index (χ0n) is 18.0. The monoisotopic (exact) mass is 517 g/mol. The Morgan fingerprint density at radius 1 is 0.943 bits per heavy atom. The molecule has 0 unspecified atom stereocenters. The molecule has 4 aromatic rings. The number of benzene rings is 3. The van der Waals surface area contributed by atoms with E-state index in [0.29, 0.717) is 22.1 Å². The van der Waals surface area contributed by atoms with Crippen LogP contribution in [0.4, 0.5) is 8.78 Å². The molecule has 35 heavy (non-hydrogen) atoms. The standard InChI is InChI=1S/C25H18ClF2NO5S/c26-18-7-10-23(33-15-16-6-8-19(27)14-22(16)28)17(12-18)13-20-9-11-24(34-20)25(30)29-35(31,32)21-4-2-1-3-5-21/h1-12,14H,13,15H2,(H,29,30). The van der Waals surface area contributed by atoms with Crippen LogP contribution in [0.25, 0.3) is 0 Å². The highest BCUT2D eigenvalue weighted by atomic mass is 35.5. The fourth-order valence-corrected chi connectivity index (χ4v) is 4.41. The summed E-state index contributed by atoms with van der Waals surface area (Å²) in [6.45, 7) is -0.149. The zero-order valence-corrected chi connectivity index (χ0v) is 19.6. The molecule has 0 atom stereocenters. The highest BCUT2D eigenvalue weighted by Crippen LogP contribution is 2.27. The van der Waals surface area contributed by atoms with Gasteiger partial charge in [0.1, 0.15) is 29.8 Å². The van der Waals surface area contributed by atoms with Crippen molar-refractivity contribution in [3.63, 3.8) is 0 Å². The SMILES string of the molecule is O=C(NS(=O)(=O)c1ccccc1)c1ccc(Cc2cc(Cl)ccc2OCc2ccc(F)cc2F)o1. The first-order valence-electron chi connectivity index (χ1n) is 10.3. The van der Waals surface area contributed by atoms with Crippen molar-refractivity contribution in [2.24, 2.45) is 0 Å². The van der Waals surface area contributed by atoms with Gasteiger partial charge in [0.2, 0.25) is 0 Å². The third-order valence-corrected chi connectivity index (χ3v) is 6.53. The van der Waals surface area contributed by atoms with Crippen LogP contribution in [0.5, 0.6) is 5.75 Å². The molecule has 1 amide bonds. The van der Waals surface area contributed by atoms with Crippen LogP contribution >= 0.6 is 11.6 Å². The Hall–Kier alpha value is -3.69. The van der Waals surface area contributed by atoms with Gasteiger partial charge >= 0.3 is 5.91 Å². The van der Waals surface area contributed by atoms with E-state index in [1.807, 2.05) is 4.72 Å². The van der Waals surface area contributed by atoms with Gasteiger partial charge in [-0.3, -0.25) is 4.79 Å². The molecule has 1 heterocycles. The Labute approximate surface area is 205 Å². The number of nitrogens with one attached hydrogen (secondary N) is 1. The molecule has 0 bridgehead atoms. The molecule has 0 fully saturated rings. The zero-order chi connectivity index (χ0) is 25.0. The van der Waals surface area contributed by atoms with Gasteiger partial charge in [-0.05, 0) is 54.6 Å². The van der Waals surface area contributed by atoms with E-state index in [2.05, 4.69) is 0 Å². The van der Waals surface area contributed by atoms with E-state index in [1.54, 1.807) is 36.4 Å². The maximum atomic E-state index is 13.9. The Bertz CT molecular complexity index is 1470. The first-order valence-corrected chi connectivity index (χ1v) is 12.1. The molecule has 0 aliphatic heterocycles. The van der Waals surface area contributed by atoms with Crippen molar-refractivity contribution in [2.45, 2.75) is 17.9 Å². The summed E-state index contributed by atoms with van der Waals surface area (Å²) in [5.74, 6) is -1.81. The average molecular weight is 518 g/mol. The van der Waals surface area contributed by atoms with Gasteiger partial charge in [-0.15, -0.1) is 0 Å². The molecule has 0 radical (unpaired) electrons. The Balaban J connectivity index is 1.48. The molecule has 0 aliphatic rings. The third-order valence-electron chi connectivity index (χ3n) is 4.95. The summed E-state index contributed by atoms with van der Waals surface area (Å²) in [6.07, 6.45) is 0.153. The first kappa shape index (κ1) is 24.4. The lowest BCUT2D eigenvalue weighted by Gasteiger charge is -2.12. The number of carbonyl (C=O) groups is 1. The quantitative estimate of drug-likeness (QED) is 0.333. The summed E-state index contributed by atoms with van der Waals surface area (Å²) in [4.78, 5) is 12.4. The molecule has 0 aliphatic carbocycles. The number of furan rings is 1. The number of amides is 1. The van der Waals surface area contributed by atoms with Crippen LogP contribution < -0.4 is 9.46 Å². The summed E-state index contributed by atoms with van der Waals surface area (Å²) in [7, 11) is -4.06. The number of ether oxygens (including phenoxy) is 1. The average Bonchev–Trinajstić information content (AvgIpc) is 3.29. The molecule has 0 saturated carbocycles. The van der Waals surface area contributed by atoms with Gasteiger partial charge in [-0.25, -0.2) is 21.9 Å². The molecular weight excluding hydrogens is 500 g/mol. The minimum atomic E-state index is -4.06. The predicted octanol–water partition coefficient (Wildman–Crippen LogP) is 5.50. The fraction of sp³-hybridized carbons (Fsp3) is 0.0800. The topological polar surface area (TPSA) is 85.6 Å². The summed E-state index contributed by atoms with van der Waals surface area (Å²) in [5.41, 5.74) is 0.752. The lowest BCUT2D eigenvalue weighted by atomic mass is 10.1. The number of halogens is 3. The van der Waals surface area contributed by atoms with Gasteiger partial charge in [0.25, 0.3) is 10.0 Å². The normalized spacial score (nSPS) is 11.3. The number of hydrogen-bond acceptors (Lipinski definition) is 5. The van der Waals surface area contributed by atoms with E-state index in [9.17, 15) is 22.0 Å². The second kappa shape index (κ2) is 10.3. The van der Waals surface area contributed by atoms with Gasteiger partial charge in [0, 0.05) is 28.6 Å². The summed E-state index contributed by atoms with van der Waals surface area (Å²) < 4.78 is 65.0. The minimum Gasteiger partial charge on any atom is -0.488 e. The van der Waals surface area contributed by atoms with Crippen molar-refractivity contribution in [3.05, 3.63) is 118 Å².